The zero-order chi connectivity index (χ0) is 23.1. The quantitative estimate of drug-likeness (QED) is 0.454. The lowest BCUT2D eigenvalue weighted by molar-refractivity contribution is -0.156. The van der Waals surface area contributed by atoms with Crippen molar-refractivity contribution in [2.24, 2.45) is 5.92 Å². The Morgan fingerprint density at radius 1 is 0.939 bits per heavy atom. The predicted molar refractivity (Wildman–Crippen MR) is 117 cm³/mol. The van der Waals surface area contributed by atoms with E-state index in [-0.39, 0.29) is 18.5 Å². The summed E-state index contributed by atoms with van der Waals surface area (Å²) in [6.07, 6.45) is -3.32. The van der Waals surface area contributed by atoms with Gasteiger partial charge in [0.25, 0.3) is 0 Å². The minimum Gasteiger partial charge on any atom is -0.487 e. The first-order valence-corrected chi connectivity index (χ1v) is 10.7. The Kier molecular flexibility index (Phi) is 5.71. The van der Waals surface area contributed by atoms with Crippen LogP contribution in [0.4, 0.5) is 0 Å². The van der Waals surface area contributed by atoms with Gasteiger partial charge in [0, 0.05) is 18.6 Å². The van der Waals surface area contributed by atoms with Crippen LogP contribution in [0.2, 0.25) is 0 Å². The molecule has 0 saturated heterocycles. The summed E-state index contributed by atoms with van der Waals surface area (Å²) in [6, 6.07) is 9.94. The lowest BCUT2D eigenvalue weighted by atomic mass is 9.81. The molecule has 5 atom stereocenters. The van der Waals surface area contributed by atoms with Gasteiger partial charge in [-0.3, -0.25) is 4.79 Å². The highest BCUT2D eigenvalue weighted by Crippen LogP contribution is 2.35. The van der Waals surface area contributed by atoms with Crippen molar-refractivity contribution in [3.8, 4) is 28.4 Å². The Morgan fingerprint density at radius 2 is 1.73 bits per heavy atom. The summed E-state index contributed by atoms with van der Waals surface area (Å²) in [5.74, 6) is 0.895. The second kappa shape index (κ2) is 8.68. The molecule has 2 heterocycles. The maximum Gasteiger partial charge on any atom is 0.200 e. The number of aliphatic hydroxyl groups excluding tert-OH is 4. The molecule has 9 nitrogen and oxygen atoms in total. The molecule has 9 heteroatoms. The standard InChI is InChI=1S/C24H24O9/c25-10-13-8-20(23(28)24(29)21(13)26)33-14-2-3-15-18(9-14)32-11-16(22(15)27)12-1-4-17-19(7-12)31-6-5-30-17/h1-4,7,9,11,13,20-21,23-26,28-29H,5-6,8,10H2/t13-,20-,21+,23+,24-/m1/s1. The van der Waals surface area contributed by atoms with E-state index in [0.29, 0.717) is 52.6 Å². The number of aliphatic hydroxyl groups is 4. The minimum absolute atomic E-state index is 0.154. The van der Waals surface area contributed by atoms with E-state index in [2.05, 4.69) is 0 Å². The second-order valence-electron chi connectivity index (χ2n) is 8.30. The molecular formula is C24H24O9. The Bertz CT molecular complexity index is 1220. The van der Waals surface area contributed by atoms with Gasteiger partial charge in [-0.05, 0) is 36.2 Å². The van der Waals surface area contributed by atoms with Crippen LogP contribution in [0, 0.1) is 5.92 Å². The van der Waals surface area contributed by atoms with Crippen molar-refractivity contribution in [1.82, 2.24) is 0 Å². The van der Waals surface area contributed by atoms with Gasteiger partial charge < -0.3 is 39.1 Å². The number of hydrogen-bond donors (Lipinski definition) is 4. The van der Waals surface area contributed by atoms with Gasteiger partial charge in [0.1, 0.15) is 49.1 Å². The van der Waals surface area contributed by atoms with Crippen LogP contribution in [-0.2, 0) is 0 Å². The maximum atomic E-state index is 13.1. The van der Waals surface area contributed by atoms with Crippen molar-refractivity contribution in [3.63, 3.8) is 0 Å². The van der Waals surface area contributed by atoms with Crippen LogP contribution in [0.25, 0.3) is 22.1 Å². The average molecular weight is 456 g/mol. The summed E-state index contributed by atoms with van der Waals surface area (Å²) in [7, 11) is 0. The molecule has 0 bridgehead atoms. The van der Waals surface area contributed by atoms with Gasteiger partial charge in [-0.1, -0.05) is 6.07 Å². The Balaban J connectivity index is 1.42. The highest BCUT2D eigenvalue weighted by Gasteiger charge is 2.43. The number of ether oxygens (including phenoxy) is 3. The molecular weight excluding hydrogens is 432 g/mol. The van der Waals surface area contributed by atoms with Crippen LogP contribution >= 0.6 is 0 Å². The first-order chi connectivity index (χ1) is 16.0. The Labute approximate surface area is 188 Å². The summed E-state index contributed by atoms with van der Waals surface area (Å²) < 4.78 is 22.7. The van der Waals surface area contributed by atoms with Crippen LogP contribution < -0.4 is 19.6 Å². The highest BCUT2D eigenvalue weighted by molar-refractivity contribution is 5.83. The third kappa shape index (κ3) is 3.93. The van der Waals surface area contributed by atoms with E-state index in [4.69, 9.17) is 18.6 Å². The molecule has 0 unspecified atom stereocenters. The third-order valence-corrected chi connectivity index (χ3v) is 6.22. The molecule has 1 fully saturated rings. The molecule has 1 aliphatic carbocycles. The van der Waals surface area contributed by atoms with Gasteiger partial charge in [-0.2, -0.15) is 0 Å². The number of fused-ring (bicyclic) bond motifs is 2. The van der Waals surface area contributed by atoms with E-state index in [1.165, 1.54) is 12.3 Å². The fraction of sp³-hybridized carbons (Fsp3) is 0.375. The number of benzene rings is 2. The molecule has 5 rings (SSSR count). The van der Waals surface area contributed by atoms with Gasteiger partial charge in [-0.15, -0.1) is 0 Å². The maximum absolute atomic E-state index is 13.1. The topological polar surface area (TPSA) is 139 Å². The molecule has 1 aliphatic heterocycles. The molecule has 33 heavy (non-hydrogen) atoms. The molecule has 1 aromatic heterocycles. The van der Waals surface area contributed by atoms with Crippen LogP contribution in [0.5, 0.6) is 17.2 Å². The summed E-state index contributed by atoms with van der Waals surface area (Å²) in [6.45, 7) is 0.573. The second-order valence-corrected chi connectivity index (χ2v) is 8.30. The first-order valence-electron chi connectivity index (χ1n) is 10.7. The van der Waals surface area contributed by atoms with Crippen molar-refractivity contribution < 1.29 is 39.1 Å². The van der Waals surface area contributed by atoms with Gasteiger partial charge in [-0.25, -0.2) is 0 Å². The van der Waals surface area contributed by atoms with E-state index in [1.54, 1.807) is 30.3 Å². The number of rotatable bonds is 4. The SMILES string of the molecule is O=c1c(-c2ccc3c(c2)OCCO3)coc2cc(O[C@@H]3C[C@H](CO)[C@H](O)[C@@H](O)[C@H]3O)ccc12. The van der Waals surface area contributed by atoms with Gasteiger partial charge in [0.15, 0.2) is 16.9 Å². The Morgan fingerprint density at radius 3 is 2.52 bits per heavy atom. The molecule has 0 amide bonds. The van der Waals surface area contributed by atoms with Crippen LogP contribution in [0.1, 0.15) is 6.42 Å². The van der Waals surface area contributed by atoms with Crippen molar-refractivity contribution in [1.29, 1.82) is 0 Å². The molecule has 0 radical (unpaired) electrons. The average Bonchev–Trinajstić information content (AvgIpc) is 2.84. The normalized spacial score (nSPS) is 26.8. The lowest BCUT2D eigenvalue weighted by Gasteiger charge is -2.39. The highest BCUT2D eigenvalue weighted by atomic mass is 16.6. The number of hydrogen-bond acceptors (Lipinski definition) is 9. The van der Waals surface area contributed by atoms with Crippen molar-refractivity contribution in [2.75, 3.05) is 19.8 Å². The molecule has 1 saturated carbocycles. The van der Waals surface area contributed by atoms with E-state index in [9.17, 15) is 25.2 Å². The van der Waals surface area contributed by atoms with Gasteiger partial charge in [0.05, 0.1) is 17.1 Å². The molecule has 0 spiro atoms. The van der Waals surface area contributed by atoms with E-state index < -0.39 is 30.3 Å². The lowest BCUT2D eigenvalue weighted by Crippen LogP contribution is -2.56. The smallest absolute Gasteiger partial charge is 0.200 e. The van der Waals surface area contributed by atoms with E-state index >= 15 is 0 Å². The summed E-state index contributed by atoms with van der Waals surface area (Å²) in [5, 5.41) is 40.1. The van der Waals surface area contributed by atoms with Crippen molar-refractivity contribution in [2.45, 2.75) is 30.8 Å². The zero-order valence-corrected chi connectivity index (χ0v) is 17.6. The van der Waals surface area contributed by atoms with Crippen molar-refractivity contribution >= 4 is 11.0 Å². The fourth-order valence-electron chi connectivity index (χ4n) is 4.35. The van der Waals surface area contributed by atoms with Gasteiger partial charge >= 0.3 is 0 Å². The molecule has 4 N–H and O–H groups in total. The fourth-order valence-corrected chi connectivity index (χ4v) is 4.35. The van der Waals surface area contributed by atoms with E-state index in [1.807, 2.05) is 0 Å². The molecule has 3 aromatic rings. The zero-order valence-electron chi connectivity index (χ0n) is 17.6. The first kappa shape index (κ1) is 21.7. The summed E-state index contributed by atoms with van der Waals surface area (Å²) in [4.78, 5) is 13.1. The summed E-state index contributed by atoms with van der Waals surface area (Å²) in [5.41, 5.74) is 1.08. The van der Waals surface area contributed by atoms with Gasteiger partial charge in [0.2, 0.25) is 0 Å². The minimum atomic E-state index is -1.44. The van der Waals surface area contributed by atoms with E-state index in [0.717, 1.165) is 0 Å². The molecule has 174 valence electrons. The van der Waals surface area contributed by atoms with Crippen LogP contribution in [0.15, 0.2) is 51.9 Å². The van der Waals surface area contributed by atoms with Crippen LogP contribution in [-0.4, -0.2) is 64.7 Å². The largest absolute Gasteiger partial charge is 0.487 e. The third-order valence-electron chi connectivity index (χ3n) is 6.22. The summed E-state index contributed by atoms with van der Waals surface area (Å²) >= 11 is 0. The Hall–Kier alpha value is -3.11. The monoisotopic (exact) mass is 456 g/mol. The molecule has 2 aliphatic rings. The predicted octanol–water partition coefficient (Wildman–Crippen LogP) is 1.07. The molecule has 2 aromatic carbocycles. The van der Waals surface area contributed by atoms with Crippen molar-refractivity contribution in [3.05, 3.63) is 52.9 Å². The van der Waals surface area contributed by atoms with Crippen LogP contribution in [0.3, 0.4) is 0 Å².